The Bertz CT molecular complexity index is 987. The van der Waals surface area contributed by atoms with Crippen LogP contribution in [0.25, 0.3) is 20.8 Å². The maximum absolute atomic E-state index is 12.9. The van der Waals surface area contributed by atoms with Crippen molar-refractivity contribution in [3.8, 4) is 10.6 Å². The third kappa shape index (κ3) is 4.68. The minimum Gasteiger partial charge on any atom is -0.299 e. The summed E-state index contributed by atoms with van der Waals surface area (Å²) in [4.78, 5) is 23.0. The van der Waals surface area contributed by atoms with E-state index in [1.165, 1.54) is 32.0 Å². The summed E-state index contributed by atoms with van der Waals surface area (Å²) in [5, 5.41) is 1.10. The number of para-hydroxylation sites is 1. The second-order valence-electron chi connectivity index (χ2n) is 8.53. The lowest BCUT2D eigenvalue weighted by molar-refractivity contribution is -0.118. The number of benzene rings is 1. The molecular formula is C25H32N2OS2. The van der Waals surface area contributed by atoms with Crippen molar-refractivity contribution in [2.75, 3.05) is 13.1 Å². The Hall–Kier alpha value is -1.56. The van der Waals surface area contributed by atoms with Gasteiger partial charge in [0.2, 0.25) is 0 Å². The molecule has 3 nitrogen and oxygen atoms in total. The highest BCUT2D eigenvalue weighted by Crippen LogP contribution is 2.43. The Balaban J connectivity index is 1.62. The van der Waals surface area contributed by atoms with Crippen LogP contribution in [0.15, 0.2) is 24.3 Å². The molecule has 3 heterocycles. The molecule has 0 spiro atoms. The van der Waals surface area contributed by atoms with E-state index in [4.69, 9.17) is 4.98 Å². The molecule has 2 aromatic heterocycles. The second-order valence-corrected chi connectivity index (χ2v) is 10.7. The number of ketones is 1. The van der Waals surface area contributed by atoms with Crippen LogP contribution in [0.5, 0.6) is 0 Å². The molecule has 1 aromatic carbocycles. The number of thiophene rings is 1. The molecule has 160 valence electrons. The zero-order valence-electron chi connectivity index (χ0n) is 18.4. The van der Waals surface area contributed by atoms with Gasteiger partial charge in [-0.1, -0.05) is 45.7 Å². The van der Waals surface area contributed by atoms with Gasteiger partial charge in [0.1, 0.15) is 10.8 Å². The van der Waals surface area contributed by atoms with Crippen molar-refractivity contribution in [2.24, 2.45) is 5.92 Å². The molecule has 0 N–H and O–H groups in total. The fourth-order valence-corrected chi connectivity index (χ4v) is 6.81. The van der Waals surface area contributed by atoms with Crippen LogP contribution in [0.4, 0.5) is 0 Å². The van der Waals surface area contributed by atoms with Gasteiger partial charge in [-0.25, -0.2) is 4.98 Å². The van der Waals surface area contributed by atoms with Crippen molar-refractivity contribution in [2.45, 2.75) is 65.8 Å². The average Bonchev–Trinajstić information content (AvgIpc) is 3.33. The molecule has 0 unspecified atom stereocenters. The van der Waals surface area contributed by atoms with E-state index in [0.29, 0.717) is 24.5 Å². The minimum absolute atomic E-state index is 0.381. The monoisotopic (exact) mass is 440 g/mol. The third-order valence-electron chi connectivity index (χ3n) is 6.37. The summed E-state index contributed by atoms with van der Waals surface area (Å²) in [6.07, 6.45) is 5.69. The maximum Gasteiger partial charge on any atom is 0.138 e. The van der Waals surface area contributed by atoms with Gasteiger partial charge >= 0.3 is 0 Å². The number of aromatic nitrogens is 1. The molecular weight excluding hydrogens is 408 g/mol. The smallest absolute Gasteiger partial charge is 0.138 e. The summed E-state index contributed by atoms with van der Waals surface area (Å²) < 4.78 is 1.23. The standard InChI is InChI=1S/C25H32N2OS2/c1-4-17(3)9-8-10-18(28)15-22-24(19-13-14-27(5-2)16-23(19)29-22)25-26-20-11-6-7-12-21(20)30-25/h6-7,11-12,17H,4-5,8-10,13-16H2,1-3H3/t17-/m0/s1. The summed E-state index contributed by atoms with van der Waals surface area (Å²) >= 11 is 3.63. The molecule has 0 aliphatic carbocycles. The van der Waals surface area contributed by atoms with E-state index in [2.05, 4.69) is 49.9 Å². The van der Waals surface area contributed by atoms with Gasteiger partial charge in [-0.05, 0) is 43.0 Å². The lowest BCUT2D eigenvalue weighted by atomic mass is 9.97. The quantitative estimate of drug-likeness (QED) is 0.370. The van der Waals surface area contributed by atoms with Gasteiger partial charge < -0.3 is 0 Å². The minimum atomic E-state index is 0.381. The third-order valence-corrected chi connectivity index (χ3v) is 8.64. The highest BCUT2D eigenvalue weighted by atomic mass is 32.1. The summed E-state index contributed by atoms with van der Waals surface area (Å²) in [5.74, 6) is 1.09. The van der Waals surface area contributed by atoms with E-state index >= 15 is 0 Å². The number of Topliss-reactive ketones (excluding diaryl/α,β-unsaturated/α-hetero) is 1. The molecule has 30 heavy (non-hydrogen) atoms. The van der Waals surface area contributed by atoms with Gasteiger partial charge in [0, 0.05) is 41.2 Å². The van der Waals surface area contributed by atoms with Crippen LogP contribution in [0.3, 0.4) is 0 Å². The Morgan fingerprint density at radius 3 is 2.83 bits per heavy atom. The number of fused-ring (bicyclic) bond motifs is 2. The Labute approximate surface area is 188 Å². The van der Waals surface area contributed by atoms with Gasteiger partial charge in [-0.3, -0.25) is 9.69 Å². The largest absolute Gasteiger partial charge is 0.299 e. The van der Waals surface area contributed by atoms with Crippen molar-refractivity contribution in [1.29, 1.82) is 0 Å². The van der Waals surface area contributed by atoms with Crippen LogP contribution in [0.1, 0.15) is 61.8 Å². The molecule has 0 saturated carbocycles. The average molecular weight is 441 g/mol. The van der Waals surface area contributed by atoms with Gasteiger partial charge in [-0.2, -0.15) is 0 Å². The van der Waals surface area contributed by atoms with Crippen LogP contribution in [-0.4, -0.2) is 28.8 Å². The molecule has 1 aliphatic heterocycles. The van der Waals surface area contributed by atoms with E-state index < -0.39 is 0 Å². The Morgan fingerprint density at radius 1 is 1.23 bits per heavy atom. The highest BCUT2D eigenvalue weighted by molar-refractivity contribution is 7.22. The molecule has 4 rings (SSSR count). The number of hydrogen-bond acceptors (Lipinski definition) is 5. The number of nitrogens with zero attached hydrogens (tertiary/aromatic N) is 2. The molecule has 5 heteroatoms. The van der Waals surface area contributed by atoms with Crippen molar-refractivity contribution in [1.82, 2.24) is 9.88 Å². The molecule has 0 amide bonds. The zero-order valence-corrected chi connectivity index (χ0v) is 20.0. The van der Waals surface area contributed by atoms with E-state index in [1.54, 1.807) is 11.3 Å². The molecule has 1 aliphatic rings. The van der Waals surface area contributed by atoms with Gasteiger partial charge in [0.25, 0.3) is 0 Å². The Kier molecular flexibility index (Phi) is 7.01. The first-order valence-electron chi connectivity index (χ1n) is 11.3. The van der Waals surface area contributed by atoms with E-state index in [9.17, 15) is 4.79 Å². The van der Waals surface area contributed by atoms with Gasteiger partial charge in [-0.15, -0.1) is 22.7 Å². The fourth-order valence-electron chi connectivity index (χ4n) is 4.25. The first-order valence-corrected chi connectivity index (χ1v) is 13.0. The van der Waals surface area contributed by atoms with Crippen LogP contribution in [0, 0.1) is 5.92 Å². The zero-order chi connectivity index (χ0) is 21.1. The maximum atomic E-state index is 12.9. The predicted octanol–water partition coefficient (Wildman–Crippen LogP) is 6.73. The second kappa shape index (κ2) is 9.71. The van der Waals surface area contributed by atoms with Crippen LogP contribution in [-0.2, 0) is 24.2 Å². The lowest BCUT2D eigenvalue weighted by Gasteiger charge is -2.25. The Morgan fingerprint density at radius 2 is 2.07 bits per heavy atom. The summed E-state index contributed by atoms with van der Waals surface area (Å²) in [6, 6.07) is 8.37. The predicted molar refractivity (Wildman–Crippen MR) is 130 cm³/mol. The van der Waals surface area contributed by atoms with Crippen molar-refractivity contribution >= 4 is 38.7 Å². The van der Waals surface area contributed by atoms with Crippen molar-refractivity contribution < 1.29 is 4.79 Å². The molecule has 0 radical (unpaired) electrons. The first-order chi connectivity index (χ1) is 14.6. The summed E-state index contributed by atoms with van der Waals surface area (Å²) in [6.45, 7) is 9.93. The molecule has 0 bridgehead atoms. The number of likely N-dealkylation sites (N-methyl/N-ethyl adjacent to an activating group) is 1. The number of hydrogen-bond donors (Lipinski definition) is 0. The van der Waals surface area contributed by atoms with E-state index in [0.717, 1.165) is 49.4 Å². The topological polar surface area (TPSA) is 33.2 Å². The molecule has 3 aromatic rings. The van der Waals surface area contributed by atoms with Crippen molar-refractivity contribution in [3.63, 3.8) is 0 Å². The SMILES string of the molecule is CC[C@H](C)CCCC(=O)Cc1sc2c(c1-c1nc3ccccc3s1)CCN(CC)C2. The van der Waals surface area contributed by atoms with E-state index in [1.807, 2.05) is 11.3 Å². The number of rotatable bonds is 9. The molecule has 1 atom stereocenters. The highest BCUT2D eigenvalue weighted by Gasteiger charge is 2.27. The van der Waals surface area contributed by atoms with Gasteiger partial charge in [0.15, 0.2) is 0 Å². The van der Waals surface area contributed by atoms with E-state index in [-0.39, 0.29) is 0 Å². The first kappa shape index (κ1) is 21.7. The van der Waals surface area contributed by atoms with Gasteiger partial charge in [0.05, 0.1) is 10.2 Å². The fraction of sp³-hybridized carbons (Fsp3) is 0.520. The lowest BCUT2D eigenvalue weighted by Crippen LogP contribution is -2.29. The normalized spacial score (nSPS) is 15.4. The summed E-state index contributed by atoms with van der Waals surface area (Å²) in [5.41, 5.74) is 3.79. The molecule has 0 fully saturated rings. The van der Waals surface area contributed by atoms with Crippen molar-refractivity contribution in [3.05, 3.63) is 39.6 Å². The van der Waals surface area contributed by atoms with Crippen LogP contribution in [0.2, 0.25) is 0 Å². The van der Waals surface area contributed by atoms with Crippen LogP contribution >= 0.6 is 22.7 Å². The number of thiazole rings is 1. The molecule has 0 saturated heterocycles. The summed E-state index contributed by atoms with van der Waals surface area (Å²) in [7, 11) is 0. The van der Waals surface area contributed by atoms with Crippen LogP contribution < -0.4 is 0 Å². The number of carbonyl (C=O) groups is 1. The number of carbonyl (C=O) groups excluding carboxylic acids is 1.